The summed E-state index contributed by atoms with van der Waals surface area (Å²) in [4.78, 5) is 13.3. The third-order valence-corrected chi connectivity index (χ3v) is 2.78. The van der Waals surface area contributed by atoms with Gasteiger partial charge in [0.2, 0.25) is 0 Å². The van der Waals surface area contributed by atoms with Crippen LogP contribution in [0.2, 0.25) is 0 Å². The van der Waals surface area contributed by atoms with Crippen molar-refractivity contribution in [2.45, 2.75) is 18.5 Å². The van der Waals surface area contributed by atoms with Gasteiger partial charge >= 0.3 is 0 Å². The van der Waals surface area contributed by atoms with Gasteiger partial charge in [-0.3, -0.25) is 9.69 Å². The molecule has 62 valence electrons. The van der Waals surface area contributed by atoms with Crippen molar-refractivity contribution in [3.05, 3.63) is 12.2 Å². The van der Waals surface area contributed by atoms with Crippen LogP contribution in [0, 0.1) is 17.2 Å². The van der Waals surface area contributed by atoms with Gasteiger partial charge in [0.05, 0.1) is 18.0 Å². The average molecular weight is 162 g/mol. The maximum absolute atomic E-state index is 11.4. The van der Waals surface area contributed by atoms with Gasteiger partial charge in [0.1, 0.15) is 0 Å². The molecule has 12 heavy (non-hydrogen) atoms. The Hall–Kier alpha value is -1.14. The minimum atomic E-state index is -0.176. The summed E-state index contributed by atoms with van der Waals surface area (Å²) in [5.74, 6) is -0.0275. The second-order valence-corrected chi connectivity index (χ2v) is 3.41. The van der Waals surface area contributed by atoms with Crippen molar-refractivity contribution in [3.63, 3.8) is 0 Å². The monoisotopic (exact) mass is 162 g/mol. The number of nitrogens with zero attached hydrogens (tertiary/aromatic N) is 2. The van der Waals surface area contributed by atoms with Crippen molar-refractivity contribution in [2.24, 2.45) is 5.92 Å². The molecule has 3 heteroatoms. The predicted molar refractivity (Wildman–Crippen MR) is 43.2 cm³/mol. The first-order valence-electron chi connectivity index (χ1n) is 4.07. The highest BCUT2D eigenvalue weighted by molar-refractivity contribution is 5.96. The van der Waals surface area contributed by atoms with Gasteiger partial charge < -0.3 is 0 Å². The van der Waals surface area contributed by atoms with Crippen LogP contribution in [0.1, 0.15) is 6.42 Å². The van der Waals surface area contributed by atoms with Gasteiger partial charge in [-0.15, -0.1) is 0 Å². The molecule has 2 aliphatic heterocycles. The SMILES string of the molecule is CN1[C@@H]2C=CC(=O)[C@H]1[C@@H](C#N)C2. The molecule has 0 saturated carbocycles. The van der Waals surface area contributed by atoms with Crippen molar-refractivity contribution < 1.29 is 4.79 Å². The van der Waals surface area contributed by atoms with Crippen molar-refractivity contribution in [3.8, 4) is 6.07 Å². The quantitative estimate of drug-likeness (QED) is 0.516. The van der Waals surface area contributed by atoms with Crippen molar-refractivity contribution in [1.82, 2.24) is 4.90 Å². The molecule has 2 aliphatic rings. The van der Waals surface area contributed by atoms with E-state index in [9.17, 15) is 4.79 Å². The summed E-state index contributed by atoms with van der Waals surface area (Å²) in [6.45, 7) is 0. The fourth-order valence-corrected chi connectivity index (χ4v) is 2.09. The number of fused-ring (bicyclic) bond motifs is 2. The Bertz CT molecular complexity index is 289. The molecule has 1 fully saturated rings. The first-order chi connectivity index (χ1) is 5.74. The van der Waals surface area contributed by atoms with Crippen LogP contribution in [0.3, 0.4) is 0 Å². The smallest absolute Gasteiger partial charge is 0.173 e. The van der Waals surface area contributed by atoms with Crippen LogP contribution in [-0.4, -0.2) is 29.8 Å². The van der Waals surface area contributed by atoms with Crippen molar-refractivity contribution in [2.75, 3.05) is 7.05 Å². The molecule has 0 amide bonds. The minimum absolute atomic E-state index is 0.0813. The van der Waals surface area contributed by atoms with E-state index in [1.54, 1.807) is 6.08 Å². The van der Waals surface area contributed by atoms with Gasteiger partial charge in [-0.1, -0.05) is 6.08 Å². The van der Waals surface area contributed by atoms with E-state index in [0.29, 0.717) is 6.04 Å². The molecule has 0 aliphatic carbocycles. The third kappa shape index (κ3) is 0.819. The molecular formula is C9H10N2O. The molecule has 0 spiro atoms. The van der Waals surface area contributed by atoms with Crippen molar-refractivity contribution in [1.29, 1.82) is 5.26 Å². The zero-order chi connectivity index (χ0) is 8.72. The Morgan fingerprint density at radius 3 is 3.17 bits per heavy atom. The molecule has 2 rings (SSSR count). The summed E-state index contributed by atoms with van der Waals surface area (Å²) in [5.41, 5.74) is 0. The number of carbonyl (C=O) groups excluding carboxylic acids is 1. The summed E-state index contributed by atoms with van der Waals surface area (Å²) in [7, 11) is 1.91. The number of hydrogen-bond acceptors (Lipinski definition) is 3. The third-order valence-electron chi connectivity index (χ3n) is 2.78. The molecule has 0 N–H and O–H groups in total. The van der Waals surface area contributed by atoms with Crippen LogP contribution in [0.25, 0.3) is 0 Å². The van der Waals surface area contributed by atoms with E-state index in [4.69, 9.17) is 5.26 Å². The van der Waals surface area contributed by atoms with Crippen LogP contribution in [0.15, 0.2) is 12.2 Å². The maximum atomic E-state index is 11.4. The lowest BCUT2D eigenvalue weighted by atomic mass is 9.99. The molecule has 3 atom stereocenters. The number of ketones is 1. The lowest BCUT2D eigenvalue weighted by Gasteiger charge is -2.25. The number of carbonyl (C=O) groups is 1. The first kappa shape index (κ1) is 7.51. The highest BCUT2D eigenvalue weighted by Gasteiger charge is 2.43. The number of nitriles is 1. The van der Waals surface area contributed by atoms with Crippen LogP contribution >= 0.6 is 0 Å². The Kier molecular flexibility index (Phi) is 1.52. The zero-order valence-corrected chi connectivity index (χ0v) is 6.90. The van der Waals surface area contributed by atoms with E-state index in [2.05, 4.69) is 6.07 Å². The van der Waals surface area contributed by atoms with E-state index < -0.39 is 0 Å². The molecular weight excluding hydrogens is 152 g/mol. The Balaban J connectivity index is 2.36. The van der Waals surface area contributed by atoms with Gasteiger partial charge in [0.25, 0.3) is 0 Å². The second-order valence-electron chi connectivity index (χ2n) is 3.41. The highest BCUT2D eigenvalue weighted by atomic mass is 16.1. The van der Waals surface area contributed by atoms with E-state index in [-0.39, 0.29) is 17.7 Å². The highest BCUT2D eigenvalue weighted by Crippen LogP contribution is 2.32. The summed E-state index contributed by atoms with van der Waals surface area (Å²) in [6, 6.07) is 2.32. The molecule has 0 aromatic rings. The van der Waals surface area contributed by atoms with Gasteiger partial charge in [-0.25, -0.2) is 0 Å². The van der Waals surface area contributed by atoms with Crippen LogP contribution in [-0.2, 0) is 4.79 Å². The van der Waals surface area contributed by atoms with Crippen LogP contribution in [0.4, 0.5) is 0 Å². The van der Waals surface area contributed by atoms with E-state index in [1.165, 1.54) is 0 Å². The summed E-state index contributed by atoms with van der Waals surface area (Å²) >= 11 is 0. The molecule has 1 saturated heterocycles. The first-order valence-corrected chi connectivity index (χ1v) is 4.07. The summed E-state index contributed by atoms with van der Waals surface area (Å²) < 4.78 is 0. The van der Waals surface area contributed by atoms with Gasteiger partial charge in [-0.2, -0.15) is 5.26 Å². The minimum Gasteiger partial charge on any atom is -0.293 e. The number of hydrogen-bond donors (Lipinski definition) is 0. The zero-order valence-electron chi connectivity index (χ0n) is 6.90. The molecule has 2 bridgehead atoms. The van der Waals surface area contributed by atoms with E-state index in [1.807, 2.05) is 18.0 Å². The molecule has 0 unspecified atom stereocenters. The molecule has 0 aromatic heterocycles. The van der Waals surface area contributed by atoms with E-state index >= 15 is 0 Å². The standard InChI is InChI=1S/C9H10N2O/c1-11-7-2-3-8(12)9(11)6(4-7)5-10/h2-3,6-7,9H,4H2,1H3/t6-,7-,9-/m1/s1. The van der Waals surface area contributed by atoms with E-state index in [0.717, 1.165) is 6.42 Å². The Morgan fingerprint density at radius 2 is 2.50 bits per heavy atom. The predicted octanol–water partition coefficient (Wildman–Crippen LogP) is 0.338. The van der Waals surface area contributed by atoms with Gasteiger partial charge in [-0.05, 0) is 19.5 Å². The van der Waals surface area contributed by atoms with Crippen molar-refractivity contribution >= 4 is 5.78 Å². The fraction of sp³-hybridized carbons (Fsp3) is 0.556. The number of likely N-dealkylation sites (N-methyl/N-ethyl adjacent to an activating group) is 1. The Labute approximate surface area is 71.3 Å². The average Bonchev–Trinajstić information content (AvgIpc) is 2.26. The second kappa shape index (κ2) is 2.43. The maximum Gasteiger partial charge on any atom is 0.173 e. The molecule has 3 nitrogen and oxygen atoms in total. The summed E-state index contributed by atoms with van der Waals surface area (Å²) in [5, 5.41) is 8.79. The largest absolute Gasteiger partial charge is 0.293 e. The fourth-order valence-electron chi connectivity index (χ4n) is 2.09. The normalized spacial score (nSPS) is 40.0. The lowest BCUT2D eigenvalue weighted by molar-refractivity contribution is -0.119. The van der Waals surface area contributed by atoms with Gasteiger partial charge in [0.15, 0.2) is 5.78 Å². The molecule has 0 radical (unpaired) electrons. The van der Waals surface area contributed by atoms with Crippen LogP contribution in [0.5, 0.6) is 0 Å². The summed E-state index contributed by atoms with van der Waals surface area (Å²) in [6.07, 6.45) is 4.32. The molecule has 0 aromatic carbocycles. The lowest BCUT2D eigenvalue weighted by Crippen LogP contribution is -2.41. The number of rotatable bonds is 0. The van der Waals surface area contributed by atoms with Gasteiger partial charge in [0, 0.05) is 6.04 Å². The molecule has 2 heterocycles. The topological polar surface area (TPSA) is 44.1 Å². The van der Waals surface area contributed by atoms with Crippen LogP contribution < -0.4 is 0 Å². The Morgan fingerprint density at radius 1 is 1.75 bits per heavy atom.